The molecule has 30 heavy (non-hydrogen) atoms. The van der Waals surface area contributed by atoms with Crippen LogP contribution in [-0.2, 0) is 23.2 Å². The molecule has 9 heteroatoms. The van der Waals surface area contributed by atoms with Gasteiger partial charge >= 0.3 is 11.9 Å². The van der Waals surface area contributed by atoms with Crippen LogP contribution >= 0.6 is 23.2 Å². The second-order valence-electron chi connectivity index (χ2n) is 6.49. The summed E-state index contributed by atoms with van der Waals surface area (Å²) in [6.45, 7) is 4.76. The first-order valence-corrected chi connectivity index (χ1v) is 9.59. The zero-order valence-corrected chi connectivity index (χ0v) is 18.1. The molecule has 0 aliphatic rings. The summed E-state index contributed by atoms with van der Waals surface area (Å²) in [5.41, 5.74) is 5.64. The Bertz CT molecular complexity index is 1050. The molecule has 0 atom stereocenters. The van der Waals surface area contributed by atoms with Crippen molar-refractivity contribution in [3.63, 3.8) is 0 Å². The van der Waals surface area contributed by atoms with E-state index >= 15 is 0 Å². The number of carboxylic acid groups (broad SMARTS) is 2. The molecule has 158 valence electrons. The Morgan fingerprint density at radius 2 is 1.63 bits per heavy atom. The van der Waals surface area contributed by atoms with Gasteiger partial charge in [-0.05, 0) is 43.2 Å². The van der Waals surface area contributed by atoms with Gasteiger partial charge < -0.3 is 20.1 Å². The Hall–Kier alpha value is -3.03. The molecule has 3 N–H and O–H groups in total. The van der Waals surface area contributed by atoms with Gasteiger partial charge in [0.1, 0.15) is 0 Å². The van der Waals surface area contributed by atoms with Crippen LogP contribution in [0.25, 0.3) is 11.3 Å². The summed E-state index contributed by atoms with van der Waals surface area (Å²) >= 11 is 12.4. The van der Waals surface area contributed by atoms with E-state index in [0.717, 1.165) is 22.8 Å². The van der Waals surface area contributed by atoms with Gasteiger partial charge in [0.05, 0.1) is 11.9 Å². The number of halogens is 2. The Morgan fingerprint density at radius 3 is 2.17 bits per heavy atom. The van der Waals surface area contributed by atoms with E-state index in [2.05, 4.69) is 42.3 Å². The number of hydrogen-bond acceptors (Lipinski definition) is 4. The molecule has 0 spiro atoms. The molecule has 0 radical (unpaired) electrons. The SMILES string of the molecule is Cc1ccc(-c2cnc(NCc3c(Cl)cccc3Cl)n2C)cc1C.O=C(O)C(=O)O. The number of carboxylic acids is 2. The van der Waals surface area contributed by atoms with E-state index < -0.39 is 11.9 Å². The van der Waals surface area contributed by atoms with Crippen molar-refractivity contribution in [1.29, 1.82) is 0 Å². The van der Waals surface area contributed by atoms with Crippen LogP contribution in [0, 0.1) is 13.8 Å². The standard InChI is InChI=1S/C19H19Cl2N3.C2H2O4/c1-12-7-8-14(9-13(12)2)18-11-23-19(24(18)3)22-10-15-16(20)5-4-6-17(15)21;3-1(4)2(5)6/h4-9,11H,10H2,1-3H3,(H,22,23);(H,3,4)(H,5,6). The van der Waals surface area contributed by atoms with Gasteiger partial charge in [0.2, 0.25) is 5.95 Å². The van der Waals surface area contributed by atoms with Crippen molar-refractivity contribution in [3.05, 3.63) is 69.3 Å². The number of anilines is 1. The minimum atomic E-state index is -1.82. The maximum absolute atomic E-state index is 9.10. The number of nitrogens with one attached hydrogen (secondary N) is 1. The number of aromatic nitrogens is 2. The van der Waals surface area contributed by atoms with E-state index in [9.17, 15) is 0 Å². The first kappa shape index (κ1) is 23.3. The Balaban J connectivity index is 0.000000469. The molecule has 0 bridgehead atoms. The van der Waals surface area contributed by atoms with Gasteiger partial charge in [-0.3, -0.25) is 0 Å². The van der Waals surface area contributed by atoms with Gasteiger partial charge in [0.25, 0.3) is 0 Å². The van der Waals surface area contributed by atoms with Crippen LogP contribution in [0.3, 0.4) is 0 Å². The lowest BCUT2D eigenvalue weighted by Crippen LogP contribution is -2.09. The zero-order valence-electron chi connectivity index (χ0n) is 16.6. The molecule has 2 aromatic carbocycles. The highest BCUT2D eigenvalue weighted by atomic mass is 35.5. The molecule has 0 saturated heterocycles. The number of benzene rings is 2. The van der Waals surface area contributed by atoms with Crippen molar-refractivity contribution in [1.82, 2.24) is 9.55 Å². The van der Waals surface area contributed by atoms with Gasteiger partial charge in [-0.2, -0.15) is 0 Å². The minimum absolute atomic E-state index is 0.524. The maximum Gasteiger partial charge on any atom is 0.414 e. The summed E-state index contributed by atoms with van der Waals surface area (Å²) in [6.07, 6.45) is 1.88. The van der Waals surface area contributed by atoms with Crippen molar-refractivity contribution in [3.8, 4) is 11.3 Å². The second-order valence-corrected chi connectivity index (χ2v) is 7.30. The van der Waals surface area contributed by atoms with Crippen molar-refractivity contribution in [2.45, 2.75) is 20.4 Å². The number of aliphatic carboxylic acids is 2. The lowest BCUT2D eigenvalue weighted by atomic mass is 10.0. The molecule has 3 rings (SSSR count). The third kappa shape index (κ3) is 5.75. The number of imidazole rings is 1. The van der Waals surface area contributed by atoms with Crippen LogP contribution < -0.4 is 5.32 Å². The summed E-state index contributed by atoms with van der Waals surface area (Å²) in [4.78, 5) is 22.7. The largest absolute Gasteiger partial charge is 0.473 e. The van der Waals surface area contributed by atoms with Crippen LogP contribution in [0.5, 0.6) is 0 Å². The fourth-order valence-electron chi connectivity index (χ4n) is 2.61. The van der Waals surface area contributed by atoms with Crippen molar-refractivity contribution < 1.29 is 19.8 Å². The highest BCUT2D eigenvalue weighted by Gasteiger charge is 2.11. The molecule has 1 heterocycles. The molecule has 0 fully saturated rings. The molecular weight excluding hydrogens is 429 g/mol. The Labute approximate surface area is 183 Å². The second kappa shape index (κ2) is 10.1. The zero-order chi connectivity index (χ0) is 22.4. The third-order valence-electron chi connectivity index (χ3n) is 4.46. The predicted molar refractivity (Wildman–Crippen MR) is 117 cm³/mol. The topological polar surface area (TPSA) is 104 Å². The molecular formula is C21H21Cl2N3O4. The molecule has 0 aliphatic carbocycles. The maximum atomic E-state index is 9.10. The van der Waals surface area contributed by atoms with Gasteiger partial charge in [0, 0.05) is 34.8 Å². The van der Waals surface area contributed by atoms with E-state index in [-0.39, 0.29) is 0 Å². The minimum Gasteiger partial charge on any atom is -0.473 e. The molecule has 3 aromatic rings. The normalized spacial score (nSPS) is 10.2. The van der Waals surface area contributed by atoms with E-state index in [1.165, 1.54) is 11.1 Å². The number of carbonyl (C=O) groups is 2. The van der Waals surface area contributed by atoms with Crippen LogP contribution in [0.1, 0.15) is 16.7 Å². The van der Waals surface area contributed by atoms with Crippen LogP contribution in [0.4, 0.5) is 5.95 Å². The quantitative estimate of drug-likeness (QED) is 0.495. The average molecular weight is 450 g/mol. The van der Waals surface area contributed by atoms with Crippen LogP contribution in [0.15, 0.2) is 42.6 Å². The third-order valence-corrected chi connectivity index (χ3v) is 5.17. The molecule has 0 saturated carbocycles. The van der Waals surface area contributed by atoms with E-state index in [1.807, 2.05) is 36.0 Å². The fourth-order valence-corrected chi connectivity index (χ4v) is 3.14. The molecule has 1 aromatic heterocycles. The van der Waals surface area contributed by atoms with E-state index in [0.29, 0.717) is 16.6 Å². The summed E-state index contributed by atoms with van der Waals surface area (Å²) < 4.78 is 2.04. The smallest absolute Gasteiger partial charge is 0.414 e. The number of aryl methyl sites for hydroxylation is 2. The van der Waals surface area contributed by atoms with Gasteiger partial charge in [0.15, 0.2) is 0 Å². The van der Waals surface area contributed by atoms with E-state index in [4.69, 9.17) is 43.0 Å². The first-order chi connectivity index (χ1) is 14.1. The van der Waals surface area contributed by atoms with Crippen molar-refractivity contribution in [2.75, 3.05) is 5.32 Å². The first-order valence-electron chi connectivity index (χ1n) is 8.84. The summed E-state index contributed by atoms with van der Waals surface area (Å²) in [5, 5.41) is 19.4. The van der Waals surface area contributed by atoms with Crippen LogP contribution in [-0.4, -0.2) is 31.7 Å². The van der Waals surface area contributed by atoms with Gasteiger partial charge in [-0.25, -0.2) is 14.6 Å². The Kier molecular flexibility index (Phi) is 7.86. The van der Waals surface area contributed by atoms with E-state index in [1.54, 1.807) is 0 Å². The van der Waals surface area contributed by atoms with Crippen LogP contribution in [0.2, 0.25) is 10.0 Å². The van der Waals surface area contributed by atoms with Crippen molar-refractivity contribution in [2.24, 2.45) is 7.05 Å². The number of hydrogen-bond donors (Lipinski definition) is 3. The van der Waals surface area contributed by atoms with Gasteiger partial charge in [-0.1, -0.05) is 41.4 Å². The molecule has 7 nitrogen and oxygen atoms in total. The molecule has 0 aliphatic heterocycles. The summed E-state index contributed by atoms with van der Waals surface area (Å²) in [5.74, 6) is -2.87. The summed E-state index contributed by atoms with van der Waals surface area (Å²) in [7, 11) is 1.99. The lowest BCUT2D eigenvalue weighted by Gasteiger charge is -2.11. The summed E-state index contributed by atoms with van der Waals surface area (Å²) in [6, 6.07) is 11.9. The highest BCUT2D eigenvalue weighted by molar-refractivity contribution is 6.36. The van der Waals surface area contributed by atoms with Gasteiger partial charge in [-0.15, -0.1) is 0 Å². The monoisotopic (exact) mass is 449 g/mol. The average Bonchev–Trinajstić information content (AvgIpc) is 3.04. The fraction of sp³-hybridized carbons (Fsp3) is 0.190. The molecule has 0 unspecified atom stereocenters. The number of nitrogens with zero attached hydrogens (tertiary/aromatic N) is 2. The van der Waals surface area contributed by atoms with Crippen molar-refractivity contribution >= 4 is 41.1 Å². The molecule has 0 amide bonds. The number of rotatable bonds is 4. The highest BCUT2D eigenvalue weighted by Crippen LogP contribution is 2.27. The Morgan fingerprint density at radius 1 is 1.03 bits per heavy atom. The lowest BCUT2D eigenvalue weighted by molar-refractivity contribution is -0.159. The predicted octanol–water partition coefficient (Wildman–Crippen LogP) is 4.78.